The molecule has 0 amide bonds. The van der Waals surface area contributed by atoms with Gasteiger partial charge < -0.3 is 14.6 Å². The smallest absolute Gasteiger partial charge is 0.437 e. The molecule has 0 heterocycles. The molecule has 20 heavy (non-hydrogen) atoms. The van der Waals surface area contributed by atoms with E-state index in [-0.39, 0.29) is 0 Å². The highest BCUT2D eigenvalue weighted by atomic mass is 19.4. The van der Waals surface area contributed by atoms with Gasteiger partial charge in [-0.05, 0) is 0 Å². The molecule has 0 aliphatic carbocycles. The third-order valence-electron chi connectivity index (χ3n) is 1.84. The fourth-order valence-electron chi connectivity index (χ4n) is 0.832. The molecule has 0 rings (SSSR count). The topological polar surface area (TPSA) is 72.8 Å². The van der Waals surface area contributed by atoms with Crippen molar-refractivity contribution in [3.8, 4) is 0 Å². The zero-order chi connectivity index (χ0) is 16.2. The van der Waals surface area contributed by atoms with E-state index in [2.05, 4.69) is 16.1 Å². The van der Waals surface area contributed by atoms with Gasteiger partial charge in [0.15, 0.2) is 0 Å². The van der Waals surface area contributed by atoms with Gasteiger partial charge in [0.25, 0.3) is 0 Å². The van der Waals surface area contributed by atoms with Gasteiger partial charge in [0, 0.05) is 6.08 Å². The van der Waals surface area contributed by atoms with Crippen molar-refractivity contribution in [2.24, 2.45) is 0 Å². The molecule has 0 saturated heterocycles. The molecule has 1 N–H and O–H groups in total. The summed E-state index contributed by atoms with van der Waals surface area (Å²) in [6.45, 7) is 1.05. The van der Waals surface area contributed by atoms with Gasteiger partial charge in [0.05, 0.1) is 0 Å². The number of carbonyl (C=O) groups is 2. The number of rotatable bonds is 5. The fraction of sp³-hybridized carbons (Fsp3) is 0.556. The van der Waals surface area contributed by atoms with Gasteiger partial charge in [-0.1, -0.05) is 6.58 Å². The Morgan fingerprint density at radius 2 is 1.40 bits per heavy atom. The molecular weight excluding hydrogens is 302 g/mol. The summed E-state index contributed by atoms with van der Waals surface area (Å²) in [5.41, 5.74) is -5.65. The summed E-state index contributed by atoms with van der Waals surface area (Å²) in [7, 11) is 0. The monoisotopic (exact) mass is 310 g/mol. The van der Waals surface area contributed by atoms with Crippen molar-refractivity contribution in [1.29, 1.82) is 0 Å². The van der Waals surface area contributed by atoms with Crippen molar-refractivity contribution in [1.82, 2.24) is 0 Å². The zero-order valence-corrected chi connectivity index (χ0v) is 9.55. The highest BCUT2D eigenvalue weighted by Crippen LogP contribution is 2.43. The molecule has 116 valence electrons. The summed E-state index contributed by atoms with van der Waals surface area (Å²) >= 11 is 0. The first-order chi connectivity index (χ1) is 8.88. The standard InChI is InChI=1S/C9H8F6O5/c1-2-5(16)19-3-4-20-6(17)7(18,8(10,11)12)9(13,14)15/h2,18H,1,3-4H2. The molecule has 0 fully saturated rings. The second-order valence-electron chi connectivity index (χ2n) is 3.21. The van der Waals surface area contributed by atoms with E-state index in [4.69, 9.17) is 5.11 Å². The van der Waals surface area contributed by atoms with Crippen LogP contribution in [0.5, 0.6) is 0 Å². The molecule has 0 bridgehead atoms. The van der Waals surface area contributed by atoms with Crippen LogP contribution in [0.4, 0.5) is 26.3 Å². The Hall–Kier alpha value is -1.78. The Kier molecular flexibility index (Phi) is 5.57. The van der Waals surface area contributed by atoms with Crippen LogP contribution in [0.2, 0.25) is 0 Å². The minimum atomic E-state index is -6.32. The van der Waals surface area contributed by atoms with Gasteiger partial charge in [-0.3, -0.25) is 0 Å². The first kappa shape index (κ1) is 18.2. The number of carbonyl (C=O) groups excluding carboxylic acids is 2. The molecule has 0 saturated carbocycles. The van der Waals surface area contributed by atoms with E-state index >= 15 is 0 Å². The Labute approximate surface area is 107 Å². The van der Waals surface area contributed by atoms with E-state index in [9.17, 15) is 35.9 Å². The molecule has 0 aromatic heterocycles. The van der Waals surface area contributed by atoms with Crippen molar-refractivity contribution < 1.29 is 50.5 Å². The molecule has 0 aliphatic heterocycles. The minimum absolute atomic E-state index is 0.670. The van der Waals surface area contributed by atoms with E-state index in [0.29, 0.717) is 6.08 Å². The van der Waals surface area contributed by atoms with Crippen LogP contribution in [-0.4, -0.2) is 48.2 Å². The second kappa shape index (κ2) is 6.11. The van der Waals surface area contributed by atoms with Crippen LogP contribution in [0.25, 0.3) is 0 Å². The van der Waals surface area contributed by atoms with E-state index in [1.54, 1.807) is 0 Å². The molecule has 0 atom stereocenters. The third-order valence-corrected chi connectivity index (χ3v) is 1.84. The normalized spacial score (nSPS) is 12.8. The van der Waals surface area contributed by atoms with Gasteiger partial charge in [-0.15, -0.1) is 0 Å². The maximum Gasteiger partial charge on any atom is 0.437 e. The van der Waals surface area contributed by atoms with E-state index in [1.165, 1.54) is 0 Å². The highest BCUT2D eigenvalue weighted by molar-refractivity contribution is 5.82. The third kappa shape index (κ3) is 3.85. The lowest BCUT2D eigenvalue weighted by atomic mass is 10.0. The minimum Gasteiger partial charge on any atom is -0.459 e. The summed E-state index contributed by atoms with van der Waals surface area (Å²) in [6, 6.07) is 0. The van der Waals surface area contributed by atoms with Gasteiger partial charge in [-0.2, -0.15) is 26.3 Å². The first-order valence-electron chi connectivity index (χ1n) is 4.70. The maximum atomic E-state index is 12.2. The van der Waals surface area contributed by atoms with E-state index in [0.717, 1.165) is 0 Å². The lowest BCUT2D eigenvalue weighted by molar-refractivity contribution is -0.357. The van der Waals surface area contributed by atoms with Crippen LogP contribution in [0.15, 0.2) is 12.7 Å². The largest absolute Gasteiger partial charge is 0.459 e. The number of esters is 2. The van der Waals surface area contributed by atoms with E-state index < -0.39 is 43.1 Å². The first-order valence-corrected chi connectivity index (χ1v) is 4.70. The SMILES string of the molecule is C=CC(=O)OCCOC(=O)C(O)(C(F)(F)F)C(F)(F)F. The van der Waals surface area contributed by atoms with E-state index in [1.807, 2.05) is 0 Å². The predicted molar refractivity (Wildman–Crippen MR) is 49.2 cm³/mol. The van der Waals surface area contributed by atoms with Crippen LogP contribution in [0.3, 0.4) is 0 Å². The molecule has 5 nitrogen and oxygen atoms in total. The van der Waals surface area contributed by atoms with Crippen LogP contribution in [-0.2, 0) is 19.1 Å². The highest BCUT2D eigenvalue weighted by Gasteiger charge is 2.76. The fourth-order valence-corrected chi connectivity index (χ4v) is 0.832. The molecule has 0 unspecified atom stereocenters. The number of hydrogen-bond acceptors (Lipinski definition) is 5. The van der Waals surface area contributed by atoms with Crippen LogP contribution in [0, 0.1) is 0 Å². The molecule has 0 aromatic carbocycles. The van der Waals surface area contributed by atoms with Gasteiger partial charge in [-0.25, -0.2) is 9.59 Å². The molecule has 0 spiro atoms. The number of halogens is 6. The number of ether oxygens (including phenoxy) is 2. The average molecular weight is 310 g/mol. The van der Waals surface area contributed by atoms with Crippen molar-refractivity contribution >= 4 is 11.9 Å². The number of aliphatic hydroxyl groups is 1. The number of alkyl halides is 6. The van der Waals surface area contributed by atoms with Crippen molar-refractivity contribution in [2.45, 2.75) is 18.0 Å². The van der Waals surface area contributed by atoms with Crippen LogP contribution < -0.4 is 0 Å². The van der Waals surface area contributed by atoms with Gasteiger partial charge in [0.1, 0.15) is 13.2 Å². The predicted octanol–water partition coefficient (Wildman–Crippen LogP) is 1.11. The lowest BCUT2D eigenvalue weighted by Crippen LogP contribution is -2.63. The lowest BCUT2D eigenvalue weighted by Gasteiger charge is -2.29. The molecule has 0 radical (unpaired) electrons. The Bertz CT molecular complexity index is 371. The molecule has 0 aromatic rings. The summed E-state index contributed by atoms with van der Waals surface area (Å²) in [5, 5.41) is 8.56. The maximum absolute atomic E-state index is 12.2. The second-order valence-corrected chi connectivity index (χ2v) is 3.21. The Morgan fingerprint density at radius 1 is 1.00 bits per heavy atom. The van der Waals surface area contributed by atoms with Crippen LogP contribution >= 0.6 is 0 Å². The summed E-state index contributed by atoms with van der Waals surface area (Å²) < 4.78 is 80.8. The number of hydrogen-bond donors (Lipinski definition) is 1. The van der Waals surface area contributed by atoms with Crippen molar-refractivity contribution in [3.05, 3.63) is 12.7 Å². The Balaban J connectivity index is 4.78. The zero-order valence-electron chi connectivity index (χ0n) is 9.55. The van der Waals surface area contributed by atoms with Crippen molar-refractivity contribution in [2.75, 3.05) is 13.2 Å². The Morgan fingerprint density at radius 3 is 1.75 bits per heavy atom. The summed E-state index contributed by atoms with van der Waals surface area (Å²) in [5.74, 6) is -3.99. The quantitative estimate of drug-likeness (QED) is 0.356. The van der Waals surface area contributed by atoms with Gasteiger partial charge in [0.2, 0.25) is 0 Å². The summed E-state index contributed by atoms with van der Waals surface area (Å²) in [4.78, 5) is 21.3. The molecule has 11 heteroatoms. The molecule has 0 aliphatic rings. The average Bonchev–Trinajstić information content (AvgIpc) is 2.29. The molecular formula is C9H8F6O5. The van der Waals surface area contributed by atoms with Crippen molar-refractivity contribution in [3.63, 3.8) is 0 Å². The van der Waals surface area contributed by atoms with Gasteiger partial charge >= 0.3 is 29.9 Å². The summed E-state index contributed by atoms with van der Waals surface area (Å²) in [6.07, 6.45) is -12.0. The van der Waals surface area contributed by atoms with Crippen LogP contribution in [0.1, 0.15) is 0 Å².